The molecule has 1 atom stereocenters. The first kappa shape index (κ1) is 14.3. The van der Waals surface area contributed by atoms with Crippen LogP contribution in [0.15, 0.2) is 18.2 Å². The van der Waals surface area contributed by atoms with Crippen LogP contribution in [0.5, 0.6) is 5.75 Å². The van der Waals surface area contributed by atoms with Gasteiger partial charge in [-0.15, -0.1) is 0 Å². The predicted molar refractivity (Wildman–Crippen MR) is 73.8 cm³/mol. The fourth-order valence-corrected chi connectivity index (χ4v) is 2.05. The van der Waals surface area contributed by atoms with Crippen molar-refractivity contribution < 1.29 is 4.74 Å². The summed E-state index contributed by atoms with van der Waals surface area (Å²) in [5.41, 5.74) is 6.66. The zero-order valence-electron chi connectivity index (χ0n) is 10.7. The summed E-state index contributed by atoms with van der Waals surface area (Å²) in [7, 11) is 0. The minimum atomic E-state index is 0.569. The Balaban J connectivity index is 2.54. The summed E-state index contributed by atoms with van der Waals surface area (Å²) in [6.07, 6.45) is 3.23. The minimum absolute atomic E-state index is 0.569. The average Bonchev–Trinajstić information content (AvgIpc) is 2.29. The van der Waals surface area contributed by atoms with Crippen molar-refractivity contribution in [1.29, 1.82) is 0 Å². The molecule has 2 nitrogen and oxygen atoms in total. The lowest BCUT2D eigenvalue weighted by molar-refractivity contribution is 0.251. The highest BCUT2D eigenvalue weighted by Gasteiger charge is 2.06. The van der Waals surface area contributed by atoms with Gasteiger partial charge in [-0.25, -0.2) is 0 Å². The van der Waals surface area contributed by atoms with Gasteiger partial charge < -0.3 is 10.5 Å². The van der Waals surface area contributed by atoms with E-state index in [-0.39, 0.29) is 0 Å². The van der Waals surface area contributed by atoms with Gasteiger partial charge in [0, 0.05) is 0 Å². The summed E-state index contributed by atoms with van der Waals surface area (Å²) in [6, 6.07) is 5.90. The lowest BCUT2D eigenvalue weighted by atomic mass is 10.1. The third kappa shape index (κ3) is 4.97. The Bertz CT molecular complexity index is 341. The van der Waals surface area contributed by atoms with E-state index in [4.69, 9.17) is 22.1 Å². The van der Waals surface area contributed by atoms with Crippen LogP contribution in [0, 0.1) is 5.92 Å². The summed E-state index contributed by atoms with van der Waals surface area (Å²) >= 11 is 6.16. The molecule has 3 heteroatoms. The number of ether oxygens (including phenoxy) is 1. The number of nitrogens with two attached hydrogens (primary N) is 1. The van der Waals surface area contributed by atoms with Gasteiger partial charge in [0.15, 0.2) is 0 Å². The van der Waals surface area contributed by atoms with Gasteiger partial charge in [0.2, 0.25) is 0 Å². The standard InChI is InChI=1S/C14H22ClNO/c1-3-4-11(2)10-17-14-6-5-12(7-8-16)9-13(14)15/h5-6,9,11H,3-4,7-8,10,16H2,1-2H3. The molecule has 0 radical (unpaired) electrons. The molecule has 0 heterocycles. The van der Waals surface area contributed by atoms with Crippen LogP contribution >= 0.6 is 11.6 Å². The van der Waals surface area contributed by atoms with E-state index < -0.39 is 0 Å². The number of hydrogen-bond acceptors (Lipinski definition) is 2. The average molecular weight is 256 g/mol. The second kappa shape index (κ2) is 7.57. The normalized spacial score (nSPS) is 12.5. The molecule has 96 valence electrons. The van der Waals surface area contributed by atoms with Crippen molar-refractivity contribution in [3.63, 3.8) is 0 Å². The maximum atomic E-state index is 6.16. The highest BCUT2D eigenvalue weighted by atomic mass is 35.5. The summed E-state index contributed by atoms with van der Waals surface area (Å²) in [5, 5.41) is 0.680. The van der Waals surface area contributed by atoms with E-state index in [2.05, 4.69) is 13.8 Å². The van der Waals surface area contributed by atoms with Crippen molar-refractivity contribution in [3.8, 4) is 5.75 Å². The lowest BCUT2D eigenvalue weighted by Crippen LogP contribution is -2.08. The minimum Gasteiger partial charge on any atom is -0.492 e. The van der Waals surface area contributed by atoms with Crippen molar-refractivity contribution in [2.45, 2.75) is 33.1 Å². The summed E-state index contributed by atoms with van der Waals surface area (Å²) < 4.78 is 5.72. The van der Waals surface area contributed by atoms with Crippen molar-refractivity contribution in [2.75, 3.05) is 13.2 Å². The van der Waals surface area contributed by atoms with E-state index in [0.717, 1.165) is 24.3 Å². The van der Waals surface area contributed by atoms with Gasteiger partial charge in [-0.1, -0.05) is 37.9 Å². The fraction of sp³-hybridized carbons (Fsp3) is 0.571. The Morgan fingerprint density at radius 1 is 1.41 bits per heavy atom. The molecule has 1 unspecified atom stereocenters. The van der Waals surface area contributed by atoms with Crippen LogP contribution in [0.3, 0.4) is 0 Å². The van der Waals surface area contributed by atoms with E-state index in [9.17, 15) is 0 Å². The van der Waals surface area contributed by atoms with Gasteiger partial charge in [0.25, 0.3) is 0 Å². The molecular weight excluding hydrogens is 234 g/mol. The van der Waals surface area contributed by atoms with Crippen LogP contribution in [0.1, 0.15) is 32.3 Å². The summed E-state index contributed by atoms with van der Waals surface area (Å²) in [5.74, 6) is 1.34. The van der Waals surface area contributed by atoms with Crippen LogP contribution in [0.25, 0.3) is 0 Å². The van der Waals surface area contributed by atoms with Gasteiger partial charge in [-0.2, -0.15) is 0 Å². The van der Waals surface area contributed by atoms with E-state index in [1.165, 1.54) is 12.8 Å². The molecule has 0 aliphatic rings. The van der Waals surface area contributed by atoms with Crippen LogP contribution in [-0.2, 0) is 6.42 Å². The molecule has 17 heavy (non-hydrogen) atoms. The molecule has 0 fully saturated rings. The fourth-order valence-electron chi connectivity index (χ4n) is 1.79. The van der Waals surface area contributed by atoms with Crippen molar-refractivity contribution in [3.05, 3.63) is 28.8 Å². The zero-order valence-corrected chi connectivity index (χ0v) is 11.5. The second-order valence-corrected chi connectivity index (χ2v) is 4.92. The summed E-state index contributed by atoms with van der Waals surface area (Å²) in [4.78, 5) is 0. The molecule has 0 saturated carbocycles. The number of hydrogen-bond donors (Lipinski definition) is 1. The van der Waals surface area contributed by atoms with E-state index >= 15 is 0 Å². The molecular formula is C14H22ClNO. The van der Waals surface area contributed by atoms with Crippen molar-refractivity contribution >= 4 is 11.6 Å². The quantitative estimate of drug-likeness (QED) is 0.807. The van der Waals surface area contributed by atoms with Gasteiger partial charge in [-0.05, 0) is 43.0 Å². The van der Waals surface area contributed by atoms with Gasteiger partial charge in [0.1, 0.15) is 5.75 Å². The van der Waals surface area contributed by atoms with Gasteiger partial charge in [0.05, 0.1) is 11.6 Å². The molecule has 0 aliphatic carbocycles. The monoisotopic (exact) mass is 255 g/mol. The van der Waals surface area contributed by atoms with E-state index in [1.807, 2.05) is 18.2 Å². The SMILES string of the molecule is CCCC(C)COc1ccc(CCN)cc1Cl. The van der Waals surface area contributed by atoms with Crippen LogP contribution in [0.2, 0.25) is 5.02 Å². The topological polar surface area (TPSA) is 35.2 Å². The smallest absolute Gasteiger partial charge is 0.137 e. The molecule has 1 aromatic carbocycles. The zero-order chi connectivity index (χ0) is 12.7. The molecule has 2 N–H and O–H groups in total. The van der Waals surface area contributed by atoms with Gasteiger partial charge in [-0.3, -0.25) is 0 Å². The lowest BCUT2D eigenvalue weighted by Gasteiger charge is -2.13. The van der Waals surface area contributed by atoms with Crippen molar-refractivity contribution in [1.82, 2.24) is 0 Å². The second-order valence-electron chi connectivity index (χ2n) is 4.51. The number of halogens is 1. The van der Waals surface area contributed by atoms with Crippen LogP contribution in [-0.4, -0.2) is 13.2 Å². The molecule has 0 amide bonds. The molecule has 1 rings (SSSR count). The van der Waals surface area contributed by atoms with Crippen LogP contribution < -0.4 is 10.5 Å². The predicted octanol–water partition coefficient (Wildman–Crippen LogP) is 3.66. The Hall–Kier alpha value is -0.730. The number of benzene rings is 1. The Morgan fingerprint density at radius 3 is 2.76 bits per heavy atom. The highest BCUT2D eigenvalue weighted by Crippen LogP contribution is 2.26. The highest BCUT2D eigenvalue weighted by molar-refractivity contribution is 6.32. The first-order valence-electron chi connectivity index (χ1n) is 6.28. The maximum absolute atomic E-state index is 6.16. The van der Waals surface area contributed by atoms with Crippen LogP contribution in [0.4, 0.5) is 0 Å². The maximum Gasteiger partial charge on any atom is 0.137 e. The largest absolute Gasteiger partial charge is 0.492 e. The molecule has 0 saturated heterocycles. The van der Waals surface area contributed by atoms with Crippen molar-refractivity contribution in [2.24, 2.45) is 11.7 Å². The third-order valence-corrected chi connectivity index (χ3v) is 3.03. The van der Waals surface area contributed by atoms with E-state index in [0.29, 0.717) is 17.5 Å². The summed E-state index contributed by atoms with van der Waals surface area (Å²) in [6.45, 7) is 5.75. The molecule has 0 aliphatic heterocycles. The Morgan fingerprint density at radius 2 is 2.18 bits per heavy atom. The molecule has 0 spiro atoms. The Labute approximate surface area is 109 Å². The molecule has 0 aromatic heterocycles. The first-order valence-corrected chi connectivity index (χ1v) is 6.66. The third-order valence-electron chi connectivity index (χ3n) is 2.73. The number of rotatable bonds is 7. The molecule has 0 bridgehead atoms. The Kier molecular flexibility index (Phi) is 6.38. The van der Waals surface area contributed by atoms with Gasteiger partial charge >= 0.3 is 0 Å². The first-order chi connectivity index (χ1) is 8.17. The molecule has 1 aromatic rings. The van der Waals surface area contributed by atoms with E-state index in [1.54, 1.807) is 0 Å².